The third-order valence-corrected chi connectivity index (χ3v) is 5.84. The van der Waals surface area contributed by atoms with Crippen LogP contribution in [-0.4, -0.2) is 25.7 Å². The molecule has 0 aliphatic heterocycles. The van der Waals surface area contributed by atoms with E-state index in [1.54, 1.807) is 23.7 Å². The zero-order chi connectivity index (χ0) is 18.3. The Balaban J connectivity index is 1.59. The summed E-state index contributed by atoms with van der Waals surface area (Å²) in [5.41, 5.74) is 3.24. The smallest absolute Gasteiger partial charge is 0.267 e. The average Bonchev–Trinajstić information content (AvgIpc) is 3.33. The molecule has 0 bridgehead atoms. The molecule has 4 heterocycles. The number of fused-ring (bicyclic) bond motifs is 1. The molecule has 132 valence electrons. The SMILES string of the molecule is Cc1nc(-c2ccsc2)sc1C(=O)Nc1cnc2c(cnn2C(C)C)c1. The van der Waals surface area contributed by atoms with Crippen LogP contribution in [-0.2, 0) is 0 Å². The lowest BCUT2D eigenvalue weighted by molar-refractivity contribution is 0.103. The molecule has 0 unspecified atom stereocenters. The minimum atomic E-state index is -0.168. The highest BCUT2D eigenvalue weighted by Gasteiger charge is 2.17. The van der Waals surface area contributed by atoms with Crippen molar-refractivity contribution in [3.63, 3.8) is 0 Å². The summed E-state index contributed by atoms with van der Waals surface area (Å²) in [7, 11) is 0. The van der Waals surface area contributed by atoms with E-state index in [2.05, 4.69) is 34.2 Å². The predicted octanol–water partition coefficient (Wildman–Crippen LogP) is 4.76. The maximum atomic E-state index is 12.7. The van der Waals surface area contributed by atoms with Crippen molar-refractivity contribution >= 4 is 45.3 Å². The molecule has 0 radical (unpaired) electrons. The van der Waals surface area contributed by atoms with Crippen LogP contribution in [0.25, 0.3) is 21.6 Å². The van der Waals surface area contributed by atoms with E-state index >= 15 is 0 Å². The molecule has 0 aliphatic carbocycles. The van der Waals surface area contributed by atoms with Crippen LogP contribution in [0.5, 0.6) is 0 Å². The van der Waals surface area contributed by atoms with Crippen LogP contribution in [0.2, 0.25) is 0 Å². The molecule has 0 aromatic carbocycles. The van der Waals surface area contributed by atoms with Crippen molar-refractivity contribution in [2.24, 2.45) is 0 Å². The van der Waals surface area contributed by atoms with Gasteiger partial charge in [0.1, 0.15) is 9.88 Å². The predicted molar refractivity (Wildman–Crippen MR) is 106 cm³/mol. The summed E-state index contributed by atoms with van der Waals surface area (Å²) in [4.78, 5) is 22.3. The largest absolute Gasteiger partial charge is 0.320 e. The highest BCUT2D eigenvalue weighted by Crippen LogP contribution is 2.30. The highest BCUT2D eigenvalue weighted by atomic mass is 32.1. The van der Waals surface area contributed by atoms with Crippen molar-refractivity contribution in [2.45, 2.75) is 26.8 Å². The number of thiazole rings is 1. The van der Waals surface area contributed by atoms with Gasteiger partial charge in [0, 0.05) is 22.4 Å². The minimum Gasteiger partial charge on any atom is -0.320 e. The third-order valence-electron chi connectivity index (χ3n) is 3.95. The number of nitrogens with zero attached hydrogens (tertiary/aromatic N) is 4. The quantitative estimate of drug-likeness (QED) is 0.551. The Bertz CT molecular complexity index is 1080. The van der Waals surface area contributed by atoms with Gasteiger partial charge < -0.3 is 5.32 Å². The van der Waals surface area contributed by atoms with Crippen molar-refractivity contribution in [1.29, 1.82) is 0 Å². The average molecular weight is 384 g/mol. The van der Waals surface area contributed by atoms with E-state index in [9.17, 15) is 4.79 Å². The molecule has 1 amide bonds. The molecule has 0 atom stereocenters. The summed E-state index contributed by atoms with van der Waals surface area (Å²) < 4.78 is 1.86. The first-order valence-corrected chi connectivity index (χ1v) is 9.93. The lowest BCUT2D eigenvalue weighted by Gasteiger charge is -2.07. The maximum absolute atomic E-state index is 12.7. The van der Waals surface area contributed by atoms with E-state index in [0.29, 0.717) is 10.6 Å². The number of amides is 1. The van der Waals surface area contributed by atoms with Crippen LogP contribution in [0.4, 0.5) is 5.69 Å². The van der Waals surface area contributed by atoms with Crippen molar-refractivity contribution in [3.8, 4) is 10.6 Å². The zero-order valence-corrected chi connectivity index (χ0v) is 16.2. The number of hydrogen-bond acceptors (Lipinski definition) is 6. The lowest BCUT2D eigenvalue weighted by atomic mass is 10.3. The molecule has 6 nitrogen and oxygen atoms in total. The second-order valence-corrected chi connectivity index (χ2v) is 8.00. The molecule has 4 rings (SSSR count). The molecule has 4 aromatic rings. The number of rotatable bonds is 4. The molecule has 1 N–H and O–H groups in total. The third kappa shape index (κ3) is 3.02. The highest BCUT2D eigenvalue weighted by molar-refractivity contribution is 7.17. The standard InChI is InChI=1S/C18H17N5OS2/c1-10(2)23-16-13(7-20-23)6-14(8-19-16)22-17(24)15-11(3)21-18(26-15)12-4-5-25-9-12/h4-10H,1-3H3,(H,22,24). The molecule has 0 saturated heterocycles. The second kappa shape index (κ2) is 6.62. The fourth-order valence-corrected chi connectivity index (χ4v) is 4.36. The Morgan fingerprint density at radius 2 is 2.15 bits per heavy atom. The Hall–Kier alpha value is -2.58. The van der Waals surface area contributed by atoms with Crippen LogP contribution in [0.3, 0.4) is 0 Å². The zero-order valence-electron chi connectivity index (χ0n) is 14.6. The normalized spacial score (nSPS) is 11.4. The molecular formula is C18H17N5OS2. The summed E-state index contributed by atoms with van der Waals surface area (Å²) in [5.74, 6) is -0.168. The maximum Gasteiger partial charge on any atom is 0.267 e. The van der Waals surface area contributed by atoms with E-state index in [1.807, 2.05) is 34.5 Å². The molecule has 0 spiro atoms. The molecular weight excluding hydrogens is 366 g/mol. The Kier molecular flexibility index (Phi) is 4.29. The van der Waals surface area contributed by atoms with Gasteiger partial charge in [-0.2, -0.15) is 16.4 Å². The number of anilines is 1. The number of carbonyl (C=O) groups excluding carboxylic acids is 1. The lowest BCUT2D eigenvalue weighted by Crippen LogP contribution is -2.12. The van der Waals surface area contributed by atoms with Crippen molar-refractivity contribution < 1.29 is 4.79 Å². The molecule has 4 aromatic heterocycles. The van der Waals surface area contributed by atoms with Crippen molar-refractivity contribution in [1.82, 2.24) is 19.7 Å². The second-order valence-electron chi connectivity index (χ2n) is 6.22. The molecule has 8 heteroatoms. The minimum absolute atomic E-state index is 0.168. The first kappa shape index (κ1) is 16.9. The number of aryl methyl sites for hydroxylation is 1. The Morgan fingerprint density at radius 3 is 2.88 bits per heavy atom. The topological polar surface area (TPSA) is 72.7 Å². The number of hydrogen-bond donors (Lipinski definition) is 1. The number of nitrogens with one attached hydrogen (secondary N) is 1. The number of aromatic nitrogens is 4. The number of pyridine rings is 1. The molecule has 26 heavy (non-hydrogen) atoms. The van der Waals surface area contributed by atoms with E-state index in [-0.39, 0.29) is 11.9 Å². The Morgan fingerprint density at radius 1 is 1.31 bits per heavy atom. The fraction of sp³-hybridized carbons (Fsp3) is 0.222. The molecule has 0 saturated carbocycles. The number of thiophene rings is 1. The number of carbonyl (C=O) groups is 1. The fourth-order valence-electron chi connectivity index (χ4n) is 2.69. The van der Waals surface area contributed by atoms with Gasteiger partial charge >= 0.3 is 0 Å². The van der Waals surface area contributed by atoms with Gasteiger partial charge in [0.15, 0.2) is 5.65 Å². The van der Waals surface area contributed by atoms with Crippen LogP contribution >= 0.6 is 22.7 Å². The van der Waals surface area contributed by atoms with Crippen LogP contribution in [0, 0.1) is 6.92 Å². The molecule has 0 aliphatic rings. The van der Waals surface area contributed by atoms with Crippen LogP contribution in [0.15, 0.2) is 35.3 Å². The van der Waals surface area contributed by atoms with Gasteiger partial charge in [-0.3, -0.25) is 4.79 Å². The summed E-state index contributed by atoms with van der Waals surface area (Å²) in [6.45, 7) is 5.97. The van der Waals surface area contributed by atoms with Gasteiger partial charge in [0.2, 0.25) is 0 Å². The van der Waals surface area contributed by atoms with Gasteiger partial charge in [-0.05, 0) is 38.3 Å². The van der Waals surface area contributed by atoms with Gasteiger partial charge in [-0.25, -0.2) is 14.6 Å². The first-order valence-electron chi connectivity index (χ1n) is 8.17. The first-order chi connectivity index (χ1) is 12.5. The van der Waals surface area contributed by atoms with E-state index in [4.69, 9.17) is 0 Å². The summed E-state index contributed by atoms with van der Waals surface area (Å²) in [6, 6.07) is 4.13. The summed E-state index contributed by atoms with van der Waals surface area (Å²) >= 11 is 3.02. The molecule has 0 fully saturated rings. The van der Waals surface area contributed by atoms with Crippen LogP contribution < -0.4 is 5.32 Å². The van der Waals surface area contributed by atoms with Gasteiger partial charge in [-0.15, -0.1) is 11.3 Å². The summed E-state index contributed by atoms with van der Waals surface area (Å²) in [6.07, 6.45) is 3.43. The monoisotopic (exact) mass is 383 g/mol. The Labute approximate surface area is 158 Å². The van der Waals surface area contributed by atoms with Crippen LogP contribution in [0.1, 0.15) is 35.3 Å². The van der Waals surface area contributed by atoms with Gasteiger partial charge in [0.25, 0.3) is 5.91 Å². The van der Waals surface area contributed by atoms with Crippen molar-refractivity contribution in [3.05, 3.63) is 45.9 Å². The van der Waals surface area contributed by atoms with E-state index < -0.39 is 0 Å². The summed E-state index contributed by atoms with van der Waals surface area (Å²) in [5, 5.41) is 13.1. The van der Waals surface area contributed by atoms with E-state index in [1.165, 1.54) is 11.3 Å². The van der Waals surface area contributed by atoms with Gasteiger partial charge in [0.05, 0.1) is 23.8 Å². The van der Waals surface area contributed by atoms with Crippen molar-refractivity contribution in [2.75, 3.05) is 5.32 Å². The van der Waals surface area contributed by atoms with Gasteiger partial charge in [-0.1, -0.05) is 0 Å². The van der Waals surface area contributed by atoms with E-state index in [0.717, 1.165) is 27.3 Å².